The van der Waals surface area contributed by atoms with Gasteiger partial charge in [-0.15, -0.1) is 5.10 Å². The van der Waals surface area contributed by atoms with Gasteiger partial charge in [0.15, 0.2) is 17.2 Å². The standard InChI is InChI=1S/C51H60N10O10/c1-65-36-16-11-32(12-17-36)29-53-50-56-49(57-51(58-50)54-30-33-13-18-37(66-2)19-14-33)52-24-26-71-45(64)10-8-7-9-35-31-61(60-59-35)25-23-44(63)55-40-21-15-34-27-43(68-4)47(69-5)48(70-6)46(34)38-20-22-42(67-3)41(62)28-39(38)40/h11-14,16-20,22,27-28,31,40H,7-10,15,21,23-26,29-30H2,1-6H3,(H,55,63)(H3,52,53,54,56,57,58)/t40-/m0/s1. The van der Waals surface area contributed by atoms with Gasteiger partial charge >= 0.3 is 5.97 Å². The maximum Gasteiger partial charge on any atom is 0.305 e. The number of nitrogens with zero attached hydrogens (tertiary/aromatic N) is 6. The molecule has 0 saturated carbocycles. The Labute approximate surface area is 411 Å². The molecule has 4 N–H and O–H groups in total. The van der Waals surface area contributed by atoms with E-state index < -0.39 is 6.04 Å². The summed E-state index contributed by atoms with van der Waals surface area (Å²) < 4.78 is 40.2. The first-order valence-electron chi connectivity index (χ1n) is 23.2. The van der Waals surface area contributed by atoms with Crippen LogP contribution in [0.15, 0.2) is 83.8 Å². The van der Waals surface area contributed by atoms with Crippen LogP contribution in [0.4, 0.5) is 17.8 Å². The minimum atomic E-state index is -0.499. The summed E-state index contributed by atoms with van der Waals surface area (Å²) in [6.45, 7) is 1.63. The highest BCUT2D eigenvalue weighted by molar-refractivity contribution is 5.84. The quantitative estimate of drug-likeness (QED) is 0.0363. The predicted octanol–water partition coefficient (Wildman–Crippen LogP) is 6.33. The molecule has 20 nitrogen and oxygen atoms in total. The molecule has 0 aliphatic heterocycles. The van der Waals surface area contributed by atoms with Gasteiger partial charge in [0, 0.05) is 37.7 Å². The molecule has 1 aliphatic carbocycles. The van der Waals surface area contributed by atoms with Crippen molar-refractivity contribution in [1.29, 1.82) is 0 Å². The second-order valence-corrected chi connectivity index (χ2v) is 16.4. The molecule has 0 unspecified atom stereocenters. The maximum atomic E-state index is 13.5. The smallest absolute Gasteiger partial charge is 0.305 e. The monoisotopic (exact) mass is 972 g/mol. The number of carbonyl (C=O) groups is 2. The zero-order chi connectivity index (χ0) is 50.1. The summed E-state index contributed by atoms with van der Waals surface area (Å²) in [6.07, 6.45) is 5.11. The van der Waals surface area contributed by atoms with Crippen molar-refractivity contribution in [2.24, 2.45) is 0 Å². The van der Waals surface area contributed by atoms with Crippen molar-refractivity contribution in [3.63, 3.8) is 0 Å². The molecule has 0 saturated heterocycles. The third kappa shape index (κ3) is 13.5. The Balaban J connectivity index is 0.860. The third-order valence-electron chi connectivity index (χ3n) is 11.8. The van der Waals surface area contributed by atoms with Gasteiger partial charge in [-0.2, -0.15) is 15.0 Å². The van der Waals surface area contributed by atoms with Crippen LogP contribution in [-0.4, -0.2) is 97.6 Å². The molecule has 0 radical (unpaired) electrons. The van der Waals surface area contributed by atoms with Gasteiger partial charge in [-0.3, -0.25) is 19.1 Å². The first kappa shape index (κ1) is 50.7. The molecule has 0 fully saturated rings. The summed E-state index contributed by atoms with van der Waals surface area (Å²) >= 11 is 0. The van der Waals surface area contributed by atoms with Gasteiger partial charge in [-0.05, 0) is 102 Å². The molecule has 6 aromatic rings. The van der Waals surface area contributed by atoms with Gasteiger partial charge in [0.05, 0.1) is 67.5 Å². The highest BCUT2D eigenvalue weighted by Crippen LogP contribution is 2.50. The van der Waals surface area contributed by atoms with Crippen LogP contribution in [0.2, 0.25) is 0 Å². The van der Waals surface area contributed by atoms with E-state index in [0.29, 0.717) is 91.4 Å². The lowest BCUT2D eigenvalue weighted by Gasteiger charge is -2.20. The van der Waals surface area contributed by atoms with Crippen LogP contribution in [0, 0.1) is 0 Å². The van der Waals surface area contributed by atoms with Crippen LogP contribution in [0.5, 0.6) is 34.5 Å². The first-order chi connectivity index (χ1) is 34.6. The number of hydrogen-bond acceptors (Lipinski definition) is 18. The van der Waals surface area contributed by atoms with E-state index in [0.717, 1.165) is 39.4 Å². The second-order valence-electron chi connectivity index (χ2n) is 16.4. The summed E-state index contributed by atoms with van der Waals surface area (Å²) in [5.41, 5.74) is 5.46. The number of amides is 1. The fraction of sp³-hybridized carbons (Fsp3) is 0.373. The molecule has 1 aliphatic rings. The Kier molecular flexibility index (Phi) is 17.8. The van der Waals surface area contributed by atoms with E-state index >= 15 is 0 Å². The van der Waals surface area contributed by atoms with Crippen LogP contribution in [0.25, 0.3) is 11.1 Å². The minimum absolute atomic E-state index is 0.114. The van der Waals surface area contributed by atoms with E-state index in [1.807, 2.05) is 60.7 Å². The Morgan fingerprint density at radius 3 is 1.93 bits per heavy atom. The predicted molar refractivity (Wildman–Crippen MR) is 266 cm³/mol. The normalized spacial score (nSPS) is 12.6. The van der Waals surface area contributed by atoms with Gasteiger partial charge in [0.25, 0.3) is 0 Å². The number of ether oxygens (including phenoxy) is 7. The van der Waals surface area contributed by atoms with Crippen molar-refractivity contribution < 1.29 is 42.7 Å². The van der Waals surface area contributed by atoms with Gasteiger partial charge in [0.2, 0.25) is 34.9 Å². The number of nitrogens with one attached hydrogen (secondary N) is 4. The fourth-order valence-electron chi connectivity index (χ4n) is 8.10. The average Bonchev–Trinajstić information content (AvgIpc) is 3.72. The summed E-state index contributed by atoms with van der Waals surface area (Å²) in [6, 6.07) is 21.7. The maximum absolute atomic E-state index is 13.5. The molecule has 374 valence electrons. The molecular formula is C51H60N10O10. The third-order valence-corrected chi connectivity index (χ3v) is 11.8. The highest BCUT2D eigenvalue weighted by atomic mass is 16.5. The van der Waals surface area contributed by atoms with Crippen molar-refractivity contribution in [2.45, 2.75) is 70.6 Å². The summed E-state index contributed by atoms with van der Waals surface area (Å²) in [5.74, 6) is 3.61. The Bertz CT molecular complexity index is 2740. The van der Waals surface area contributed by atoms with E-state index in [-0.39, 0.29) is 55.6 Å². The zero-order valence-corrected chi connectivity index (χ0v) is 40.8. The van der Waals surface area contributed by atoms with E-state index in [1.54, 1.807) is 45.4 Å². The number of aryl methyl sites for hydroxylation is 3. The van der Waals surface area contributed by atoms with E-state index in [4.69, 9.17) is 33.2 Å². The largest absolute Gasteiger partial charge is 0.497 e. The first-order valence-corrected chi connectivity index (χ1v) is 23.2. The topological polar surface area (TPSA) is 233 Å². The number of benzene rings is 3. The number of fused-ring (bicyclic) bond motifs is 3. The molecule has 1 atom stereocenters. The molecule has 2 heterocycles. The molecule has 4 aromatic carbocycles. The van der Waals surface area contributed by atoms with Crippen LogP contribution >= 0.6 is 0 Å². The number of anilines is 3. The van der Waals surface area contributed by atoms with Crippen molar-refractivity contribution in [2.75, 3.05) is 71.8 Å². The number of rotatable bonds is 25. The molecule has 71 heavy (non-hydrogen) atoms. The van der Waals surface area contributed by atoms with Crippen LogP contribution in [0.1, 0.15) is 66.1 Å². The van der Waals surface area contributed by atoms with Crippen molar-refractivity contribution >= 4 is 29.7 Å². The van der Waals surface area contributed by atoms with Crippen LogP contribution in [-0.2, 0) is 46.8 Å². The molecular weight excluding hydrogens is 913 g/mol. The van der Waals surface area contributed by atoms with Gasteiger partial charge in [-0.25, -0.2) is 0 Å². The van der Waals surface area contributed by atoms with Crippen LogP contribution in [0.3, 0.4) is 0 Å². The SMILES string of the molecule is COc1ccc(CNc2nc(NCCOC(=O)CCCCc3cn(CCC(=O)N[C@H]4CCc5cc(OC)c(OC)c(OC)c5-c5ccc(OC)c(=O)cc54)nn3)nc(NCc3ccc(OC)cc3)n2)cc1. The average molecular weight is 973 g/mol. The van der Waals surface area contributed by atoms with Crippen molar-refractivity contribution in [3.05, 3.63) is 117 Å². The number of hydrogen-bond donors (Lipinski definition) is 4. The molecule has 2 aromatic heterocycles. The summed E-state index contributed by atoms with van der Waals surface area (Å²) in [7, 11) is 9.35. The lowest BCUT2D eigenvalue weighted by Crippen LogP contribution is -2.29. The molecule has 7 rings (SSSR count). The van der Waals surface area contributed by atoms with E-state index in [2.05, 4.69) is 46.5 Å². The number of methoxy groups -OCH3 is 6. The Morgan fingerprint density at radius 2 is 1.32 bits per heavy atom. The molecule has 0 spiro atoms. The number of carbonyl (C=O) groups excluding carboxylic acids is 2. The Morgan fingerprint density at radius 1 is 0.690 bits per heavy atom. The van der Waals surface area contributed by atoms with E-state index in [9.17, 15) is 14.4 Å². The molecule has 1 amide bonds. The van der Waals surface area contributed by atoms with Gasteiger partial charge in [-0.1, -0.05) is 35.5 Å². The number of aromatic nitrogens is 6. The van der Waals surface area contributed by atoms with Gasteiger partial charge < -0.3 is 54.4 Å². The van der Waals surface area contributed by atoms with Crippen molar-refractivity contribution in [1.82, 2.24) is 35.3 Å². The fourth-order valence-corrected chi connectivity index (χ4v) is 8.10. The lowest BCUT2D eigenvalue weighted by atomic mass is 9.95. The van der Waals surface area contributed by atoms with E-state index in [1.165, 1.54) is 20.3 Å². The van der Waals surface area contributed by atoms with Gasteiger partial charge in [0.1, 0.15) is 18.1 Å². The minimum Gasteiger partial charge on any atom is -0.497 e. The summed E-state index contributed by atoms with van der Waals surface area (Å²) in [4.78, 5) is 53.0. The lowest BCUT2D eigenvalue weighted by molar-refractivity contribution is -0.143. The molecule has 0 bridgehead atoms. The highest BCUT2D eigenvalue weighted by Gasteiger charge is 2.30. The van der Waals surface area contributed by atoms with Crippen molar-refractivity contribution in [3.8, 4) is 45.6 Å². The summed E-state index contributed by atoms with van der Waals surface area (Å²) in [5, 5.41) is 21.3. The van der Waals surface area contributed by atoms with Crippen LogP contribution < -0.4 is 55.1 Å². The Hall–Kier alpha value is -8.16. The zero-order valence-electron chi connectivity index (χ0n) is 40.8. The number of esters is 1. The molecule has 20 heteroatoms. The second kappa shape index (κ2) is 24.9. The number of unbranched alkanes of at least 4 members (excludes halogenated alkanes) is 1.